The quantitative estimate of drug-likeness (QED) is 0.0530. The van der Waals surface area contributed by atoms with Gasteiger partial charge in [0.05, 0.1) is 36.9 Å². The first-order valence-corrected chi connectivity index (χ1v) is 24.9. The van der Waals surface area contributed by atoms with E-state index in [9.17, 15) is 43.2 Å². The number of anilines is 3. The van der Waals surface area contributed by atoms with Crippen LogP contribution in [0.15, 0.2) is 72.2 Å². The Kier molecular flexibility index (Phi) is 13.8. The van der Waals surface area contributed by atoms with E-state index in [-0.39, 0.29) is 76.5 Å². The molecule has 1 aliphatic carbocycles. The molecule has 3 aromatic heterocycles. The molecule has 3 aliphatic rings. The summed E-state index contributed by atoms with van der Waals surface area (Å²) in [4.78, 5) is 89.2. The molecule has 2 saturated heterocycles. The molecule has 65 heavy (non-hydrogen) atoms. The number of hydrogen-bond acceptors (Lipinski definition) is 19. The average molecular weight is 956 g/mol. The number of unbranched alkanes of at least 4 members (excludes halogenated alkanes) is 2. The van der Waals surface area contributed by atoms with Gasteiger partial charge in [-0.15, -0.1) is 0 Å². The van der Waals surface area contributed by atoms with E-state index in [1.54, 1.807) is 42.5 Å². The molecule has 0 spiro atoms. The highest BCUT2D eigenvalue weighted by Crippen LogP contribution is 2.57. The minimum Gasteiger partial charge on any atom is -0.390 e. The minimum atomic E-state index is -4.96. The van der Waals surface area contributed by atoms with Gasteiger partial charge in [0, 0.05) is 47.9 Å². The number of ether oxygens (including phenoxy) is 2. The summed E-state index contributed by atoms with van der Waals surface area (Å²) in [6.07, 6.45) is -1.50. The van der Waals surface area contributed by atoms with Crippen molar-refractivity contribution < 1.29 is 61.5 Å². The van der Waals surface area contributed by atoms with Gasteiger partial charge in [0.2, 0.25) is 5.91 Å². The molecule has 8 atom stereocenters. The van der Waals surface area contributed by atoms with Crippen molar-refractivity contribution in [3.63, 3.8) is 0 Å². The molecule has 2 fully saturated rings. The van der Waals surface area contributed by atoms with Crippen LogP contribution in [0.2, 0.25) is 0 Å². The number of nitrogens with zero attached hydrogens (tertiary/aromatic N) is 6. The second-order valence-electron chi connectivity index (χ2n) is 15.2. The zero-order valence-corrected chi connectivity index (χ0v) is 36.8. The van der Waals surface area contributed by atoms with Gasteiger partial charge in [0.1, 0.15) is 48.4 Å². The van der Waals surface area contributed by atoms with Crippen molar-refractivity contribution in [2.45, 2.75) is 75.4 Å². The standard InChI is InChI=1S/C39H43N9O14P2S/c40-29-12-13-47(39(53)46-29)32-16-26(62-63(54,55)58-17-27-25(49)15-31(60-27)48-20-44-34-37(41)42-19-43-38(34)48)28(61-32)18-59-64(56,57)65-14-5-1-2-11-30(50)45-24-10-6-9-23-33(24)36(52)22-8-4-3-7-21(22)35(23)51/h3-4,6-10,12-13,19-20,25-28,31-32,49H,1-2,5,11,14-18H2,(H,45,50)(H,54,55)(H,56,57)(H2,40,46,53)(H2,41,42,43)/t25-,26?,27+,28+,31+,32+/m0/s1. The van der Waals surface area contributed by atoms with Crippen molar-refractivity contribution in [3.8, 4) is 0 Å². The Morgan fingerprint density at radius 2 is 1.58 bits per heavy atom. The predicted molar refractivity (Wildman–Crippen MR) is 231 cm³/mol. The van der Waals surface area contributed by atoms with Gasteiger partial charge in [-0.2, -0.15) is 4.98 Å². The summed E-state index contributed by atoms with van der Waals surface area (Å²) in [6.45, 7) is -5.55. The summed E-state index contributed by atoms with van der Waals surface area (Å²) in [5, 5.41) is 13.5. The molecule has 0 saturated carbocycles. The van der Waals surface area contributed by atoms with Gasteiger partial charge in [0.25, 0.3) is 0 Å². The summed E-state index contributed by atoms with van der Waals surface area (Å²) < 4.78 is 57.0. The third kappa shape index (κ3) is 10.4. The van der Waals surface area contributed by atoms with Crippen LogP contribution < -0.4 is 22.5 Å². The first-order valence-electron chi connectivity index (χ1n) is 20.2. The maximum Gasteiger partial charge on any atom is 0.472 e. The zero-order chi connectivity index (χ0) is 46.0. The summed E-state index contributed by atoms with van der Waals surface area (Å²) in [5.74, 6) is -0.783. The number of aromatic nitrogens is 6. The molecule has 23 nitrogen and oxygen atoms in total. The topological polar surface area (TPSA) is 335 Å². The van der Waals surface area contributed by atoms with Crippen molar-refractivity contribution in [1.29, 1.82) is 0 Å². The highest BCUT2D eigenvalue weighted by molar-refractivity contribution is 8.54. The molecule has 3 unspecified atom stereocenters. The lowest BCUT2D eigenvalue weighted by atomic mass is 9.83. The number of aliphatic hydroxyl groups is 1. The molecule has 5 aromatic rings. The molecule has 5 heterocycles. The van der Waals surface area contributed by atoms with Crippen LogP contribution in [0.3, 0.4) is 0 Å². The van der Waals surface area contributed by atoms with E-state index < -0.39 is 70.4 Å². The number of nitrogens with two attached hydrogens (primary N) is 2. The number of amides is 1. The number of nitrogen functional groups attached to an aromatic ring is 2. The Bertz CT molecular complexity index is 2790. The van der Waals surface area contributed by atoms with Crippen LogP contribution in [0.1, 0.15) is 82.8 Å². The van der Waals surface area contributed by atoms with E-state index in [1.807, 2.05) is 0 Å². The first kappa shape index (κ1) is 46.3. The monoisotopic (exact) mass is 955 g/mol. The van der Waals surface area contributed by atoms with Crippen LogP contribution >= 0.6 is 26.0 Å². The average Bonchev–Trinajstić information content (AvgIpc) is 3.99. The number of aliphatic hydroxyl groups excluding tert-OH is 1. The Labute approximate surface area is 372 Å². The molecule has 0 bridgehead atoms. The van der Waals surface area contributed by atoms with Gasteiger partial charge >= 0.3 is 20.3 Å². The molecule has 2 aromatic carbocycles. The molecule has 344 valence electrons. The third-order valence-electron chi connectivity index (χ3n) is 10.8. The second kappa shape index (κ2) is 19.3. The lowest BCUT2D eigenvalue weighted by Gasteiger charge is -2.23. The Morgan fingerprint density at radius 1 is 0.862 bits per heavy atom. The molecular formula is C39H43N9O14P2S. The van der Waals surface area contributed by atoms with E-state index >= 15 is 0 Å². The molecular weight excluding hydrogens is 912 g/mol. The highest BCUT2D eigenvalue weighted by Gasteiger charge is 2.44. The molecule has 1 amide bonds. The van der Waals surface area contributed by atoms with Crippen LogP contribution in [-0.4, -0.2) is 105 Å². The smallest absolute Gasteiger partial charge is 0.390 e. The lowest BCUT2D eigenvalue weighted by molar-refractivity contribution is -0.116. The van der Waals surface area contributed by atoms with E-state index in [4.69, 9.17) is 34.5 Å². The minimum absolute atomic E-state index is 0.0553. The van der Waals surface area contributed by atoms with Gasteiger partial charge in [-0.05, 0) is 36.4 Å². The van der Waals surface area contributed by atoms with E-state index in [2.05, 4.69) is 25.3 Å². The zero-order valence-electron chi connectivity index (χ0n) is 34.2. The van der Waals surface area contributed by atoms with Gasteiger partial charge in [-0.3, -0.25) is 37.1 Å². The van der Waals surface area contributed by atoms with Crippen LogP contribution in [-0.2, 0) is 37.0 Å². The Balaban J connectivity index is 0.815. The first-order chi connectivity index (χ1) is 31.1. The number of ketones is 2. The predicted octanol–water partition coefficient (Wildman–Crippen LogP) is 3.51. The maximum atomic E-state index is 13.3. The van der Waals surface area contributed by atoms with Crippen molar-refractivity contribution in [2.75, 3.05) is 35.8 Å². The number of carbonyl (C=O) groups is 3. The van der Waals surface area contributed by atoms with Crippen LogP contribution in [0.5, 0.6) is 0 Å². The lowest BCUT2D eigenvalue weighted by Crippen LogP contribution is -2.30. The van der Waals surface area contributed by atoms with Gasteiger partial charge in [-0.1, -0.05) is 42.8 Å². The number of nitrogens with one attached hydrogen (secondary N) is 1. The van der Waals surface area contributed by atoms with E-state index in [0.717, 1.165) is 4.57 Å². The number of imidazole rings is 1. The Morgan fingerprint density at radius 3 is 2.37 bits per heavy atom. The number of phosphoric ester groups is 1. The van der Waals surface area contributed by atoms with Crippen molar-refractivity contribution >= 4 is 72.0 Å². The second-order valence-corrected chi connectivity index (χ2v) is 20.6. The molecule has 8 N–H and O–H groups in total. The maximum absolute atomic E-state index is 13.3. The number of hydrogen-bond donors (Lipinski definition) is 6. The van der Waals surface area contributed by atoms with Gasteiger partial charge in [-0.25, -0.2) is 28.9 Å². The number of carbonyl (C=O) groups excluding carboxylic acids is 3. The fraction of sp³-hybridized carbons (Fsp3) is 0.385. The fourth-order valence-corrected chi connectivity index (χ4v) is 11.1. The van der Waals surface area contributed by atoms with Crippen LogP contribution in [0.25, 0.3) is 11.2 Å². The molecule has 26 heteroatoms. The summed E-state index contributed by atoms with van der Waals surface area (Å²) in [6, 6.07) is 12.6. The fourth-order valence-electron chi connectivity index (χ4n) is 7.67. The SMILES string of the molecule is Nc1ccn([C@H]2CC(OP(=O)(O)OC[C@H]3O[C@@H](n4cnc5c(N)ncnc54)C[C@@H]3O)[C@@H](COP(=O)(O)SCCCCCC(=O)Nc3cccc4c3C(=O)c3ccccc3C4=O)O2)c(=O)n1. The number of phosphoric acid groups is 1. The van der Waals surface area contributed by atoms with Gasteiger partial charge in [0.15, 0.2) is 23.0 Å². The third-order valence-corrected chi connectivity index (χ3v) is 15.0. The van der Waals surface area contributed by atoms with Crippen molar-refractivity contribution in [3.05, 3.63) is 100 Å². The van der Waals surface area contributed by atoms with Crippen LogP contribution in [0, 0.1) is 0 Å². The van der Waals surface area contributed by atoms with Crippen LogP contribution in [0.4, 0.5) is 17.3 Å². The Hall–Kier alpha value is -5.23. The normalized spacial score (nSPS) is 23.5. The highest BCUT2D eigenvalue weighted by atomic mass is 32.7. The van der Waals surface area contributed by atoms with Crippen molar-refractivity contribution in [1.82, 2.24) is 29.1 Å². The summed E-state index contributed by atoms with van der Waals surface area (Å²) >= 11 is 0.630. The summed E-state index contributed by atoms with van der Waals surface area (Å²) in [7, 11) is -4.96. The number of rotatable bonds is 18. The number of benzene rings is 2. The van der Waals surface area contributed by atoms with E-state index in [1.165, 1.54) is 29.5 Å². The summed E-state index contributed by atoms with van der Waals surface area (Å²) in [5.41, 5.74) is 12.6. The molecule has 8 rings (SSSR count). The van der Waals surface area contributed by atoms with Gasteiger partial charge < -0.3 is 41.2 Å². The number of fused-ring (bicyclic) bond motifs is 3. The van der Waals surface area contributed by atoms with E-state index in [0.29, 0.717) is 47.4 Å². The molecule has 0 radical (unpaired) electrons. The largest absolute Gasteiger partial charge is 0.472 e. The molecule has 2 aliphatic heterocycles. The van der Waals surface area contributed by atoms with Crippen molar-refractivity contribution in [2.24, 2.45) is 0 Å².